The summed E-state index contributed by atoms with van der Waals surface area (Å²) < 4.78 is 1.04. The Morgan fingerprint density at radius 2 is 2.25 bits per heavy atom. The Labute approximate surface area is 104 Å². The third kappa shape index (κ3) is 2.80. The molecule has 0 aromatic heterocycles. The van der Waals surface area contributed by atoms with Gasteiger partial charge in [-0.05, 0) is 30.8 Å². The minimum Gasteiger partial charge on any atom is -0.302 e. The SMILES string of the molecule is CN1CCC(=O)/C(=C/c2cccc(Br)c2)C1. The van der Waals surface area contributed by atoms with Crippen molar-refractivity contribution >= 4 is 27.8 Å². The molecule has 0 bridgehead atoms. The highest BCUT2D eigenvalue weighted by atomic mass is 79.9. The van der Waals surface area contributed by atoms with Crippen molar-refractivity contribution < 1.29 is 4.79 Å². The number of nitrogens with zero attached hydrogens (tertiary/aromatic N) is 1. The summed E-state index contributed by atoms with van der Waals surface area (Å²) >= 11 is 3.43. The van der Waals surface area contributed by atoms with Gasteiger partial charge in [-0.3, -0.25) is 4.79 Å². The van der Waals surface area contributed by atoms with Crippen molar-refractivity contribution in [3.8, 4) is 0 Å². The van der Waals surface area contributed by atoms with Gasteiger partial charge in [0.05, 0.1) is 0 Å². The number of likely N-dealkylation sites (N-methyl/N-ethyl adjacent to an activating group) is 1. The van der Waals surface area contributed by atoms with Gasteiger partial charge >= 0.3 is 0 Å². The minimum atomic E-state index is 0.276. The molecule has 1 saturated heterocycles. The monoisotopic (exact) mass is 279 g/mol. The zero-order valence-corrected chi connectivity index (χ0v) is 10.8. The molecule has 1 fully saturated rings. The fraction of sp³-hybridized carbons (Fsp3) is 0.308. The lowest BCUT2D eigenvalue weighted by Gasteiger charge is -2.23. The number of hydrogen-bond acceptors (Lipinski definition) is 2. The van der Waals surface area contributed by atoms with Gasteiger partial charge in [0.1, 0.15) is 0 Å². The zero-order valence-electron chi connectivity index (χ0n) is 9.24. The topological polar surface area (TPSA) is 20.3 Å². The molecule has 84 valence electrons. The highest BCUT2D eigenvalue weighted by Crippen LogP contribution is 2.17. The van der Waals surface area contributed by atoms with E-state index in [4.69, 9.17) is 0 Å². The molecule has 0 aliphatic carbocycles. The lowest BCUT2D eigenvalue weighted by atomic mass is 10.0. The number of benzene rings is 1. The summed E-state index contributed by atoms with van der Waals surface area (Å²) in [5.41, 5.74) is 1.99. The van der Waals surface area contributed by atoms with E-state index in [2.05, 4.69) is 20.8 Å². The van der Waals surface area contributed by atoms with Gasteiger partial charge in [-0.25, -0.2) is 0 Å². The van der Waals surface area contributed by atoms with E-state index in [1.807, 2.05) is 37.4 Å². The molecule has 3 heteroatoms. The first-order chi connectivity index (χ1) is 7.65. The number of carbonyl (C=O) groups is 1. The van der Waals surface area contributed by atoms with E-state index in [0.717, 1.165) is 28.7 Å². The van der Waals surface area contributed by atoms with Crippen LogP contribution < -0.4 is 0 Å². The average molecular weight is 280 g/mol. The summed E-state index contributed by atoms with van der Waals surface area (Å²) in [5.74, 6) is 0.276. The van der Waals surface area contributed by atoms with Crippen molar-refractivity contribution in [2.45, 2.75) is 6.42 Å². The third-order valence-electron chi connectivity index (χ3n) is 2.71. The van der Waals surface area contributed by atoms with Crippen molar-refractivity contribution in [1.82, 2.24) is 4.90 Å². The Morgan fingerprint density at radius 1 is 1.44 bits per heavy atom. The summed E-state index contributed by atoms with van der Waals surface area (Å²) in [6.07, 6.45) is 2.62. The van der Waals surface area contributed by atoms with Gasteiger partial charge in [-0.15, -0.1) is 0 Å². The van der Waals surface area contributed by atoms with Crippen LogP contribution in [0.5, 0.6) is 0 Å². The maximum Gasteiger partial charge on any atom is 0.161 e. The van der Waals surface area contributed by atoms with Crippen LogP contribution in [0.4, 0.5) is 0 Å². The highest BCUT2D eigenvalue weighted by Gasteiger charge is 2.18. The van der Waals surface area contributed by atoms with Gasteiger partial charge < -0.3 is 4.90 Å². The predicted molar refractivity (Wildman–Crippen MR) is 69.2 cm³/mol. The molecule has 0 atom stereocenters. The first-order valence-electron chi connectivity index (χ1n) is 5.33. The molecule has 1 aromatic rings. The smallest absolute Gasteiger partial charge is 0.161 e. The van der Waals surface area contributed by atoms with Crippen molar-refractivity contribution in [3.63, 3.8) is 0 Å². The first-order valence-corrected chi connectivity index (χ1v) is 6.12. The predicted octanol–water partition coefficient (Wildman–Crippen LogP) is 2.74. The van der Waals surface area contributed by atoms with E-state index in [1.54, 1.807) is 0 Å². The zero-order chi connectivity index (χ0) is 11.5. The van der Waals surface area contributed by atoms with Gasteiger partial charge in [0.15, 0.2) is 5.78 Å². The van der Waals surface area contributed by atoms with Crippen LogP contribution in [0.2, 0.25) is 0 Å². The summed E-state index contributed by atoms with van der Waals surface area (Å²) in [6, 6.07) is 8.00. The fourth-order valence-electron chi connectivity index (χ4n) is 1.83. The van der Waals surface area contributed by atoms with E-state index in [9.17, 15) is 4.79 Å². The number of Topliss-reactive ketones (excluding diaryl/α,β-unsaturated/α-hetero) is 1. The van der Waals surface area contributed by atoms with Crippen LogP contribution >= 0.6 is 15.9 Å². The number of likely N-dealkylation sites (tertiary alicyclic amines) is 1. The number of carbonyl (C=O) groups excluding carboxylic acids is 1. The molecule has 0 saturated carbocycles. The molecule has 0 radical (unpaired) electrons. The van der Waals surface area contributed by atoms with Crippen LogP contribution in [0.3, 0.4) is 0 Å². The Hall–Kier alpha value is -0.930. The molecule has 0 N–H and O–H groups in total. The molecule has 0 amide bonds. The Kier molecular flexibility index (Phi) is 3.56. The van der Waals surface area contributed by atoms with Crippen LogP contribution in [0.15, 0.2) is 34.3 Å². The van der Waals surface area contributed by atoms with Crippen molar-refractivity contribution in [1.29, 1.82) is 0 Å². The summed E-state index contributed by atoms with van der Waals surface area (Å²) in [6.45, 7) is 1.63. The lowest BCUT2D eigenvalue weighted by Crippen LogP contribution is -2.32. The third-order valence-corrected chi connectivity index (χ3v) is 3.20. The average Bonchev–Trinajstić information content (AvgIpc) is 2.24. The molecule has 0 unspecified atom stereocenters. The molecule has 16 heavy (non-hydrogen) atoms. The molecule has 1 heterocycles. The Bertz CT molecular complexity index is 439. The quantitative estimate of drug-likeness (QED) is 0.737. The second kappa shape index (κ2) is 4.93. The largest absolute Gasteiger partial charge is 0.302 e. The minimum absolute atomic E-state index is 0.276. The van der Waals surface area contributed by atoms with Crippen LogP contribution in [0, 0.1) is 0 Å². The van der Waals surface area contributed by atoms with Crippen molar-refractivity contribution in [3.05, 3.63) is 39.9 Å². The molecule has 0 spiro atoms. The van der Waals surface area contributed by atoms with Crippen LogP contribution in [0.25, 0.3) is 6.08 Å². The van der Waals surface area contributed by atoms with E-state index in [-0.39, 0.29) is 5.78 Å². The summed E-state index contributed by atoms with van der Waals surface area (Å²) in [5, 5.41) is 0. The maximum atomic E-state index is 11.7. The molecular weight excluding hydrogens is 266 g/mol. The second-order valence-corrected chi connectivity index (χ2v) is 5.05. The number of hydrogen-bond donors (Lipinski definition) is 0. The number of rotatable bonds is 1. The standard InChI is InChI=1S/C13H14BrNO/c1-15-6-5-13(16)11(9-15)7-10-3-2-4-12(14)8-10/h2-4,7-8H,5-6,9H2,1H3/b11-7+. The van der Waals surface area contributed by atoms with E-state index >= 15 is 0 Å². The Morgan fingerprint density at radius 3 is 3.00 bits per heavy atom. The molecular formula is C13H14BrNO. The summed E-state index contributed by atoms with van der Waals surface area (Å²) in [4.78, 5) is 13.9. The second-order valence-electron chi connectivity index (χ2n) is 4.14. The number of halogens is 1. The number of ketones is 1. The fourth-order valence-corrected chi connectivity index (χ4v) is 2.25. The van der Waals surface area contributed by atoms with Gasteiger partial charge in [-0.1, -0.05) is 28.1 Å². The van der Waals surface area contributed by atoms with Gasteiger partial charge in [0.2, 0.25) is 0 Å². The van der Waals surface area contributed by atoms with Gasteiger partial charge in [0.25, 0.3) is 0 Å². The molecule has 1 aliphatic heterocycles. The molecule has 2 rings (SSSR count). The van der Waals surface area contributed by atoms with E-state index in [1.165, 1.54) is 0 Å². The maximum absolute atomic E-state index is 11.7. The molecule has 1 aliphatic rings. The highest BCUT2D eigenvalue weighted by molar-refractivity contribution is 9.10. The molecule has 1 aromatic carbocycles. The lowest BCUT2D eigenvalue weighted by molar-refractivity contribution is -0.117. The first kappa shape index (κ1) is 11.6. The van der Waals surface area contributed by atoms with Gasteiger partial charge in [-0.2, -0.15) is 0 Å². The van der Waals surface area contributed by atoms with Crippen molar-refractivity contribution in [2.75, 3.05) is 20.1 Å². The van der Waals surface area contributed by atoms with Crippen molar-refractivity contribution in [2.24, 2.45) is 0 Å². The number of piperidine rings is 1. The van der Waals surface area contributed by atoms with E-state index < -0.39 is 0 Å². The Balaban J connectivity index is 2.25. The van der Waals surface area contributed by atoms with Crippen LogP contribution in [0.1, 0.15) is 12.0 Å². The van der Waals surface area contributed by atoms with Crippen LogP contribution in [-0.4, -0.2) is 30.8 Å². The van der Waals surface area contributed by atoms with Gasteiger partial charge in [0, 0.05) is 29.6 Å². The van der Waals surface area contributed by atoms with E-state index in [0.29, 0.717) is 6.42 Å². The molecule has 2 nitrogen and oxygen atoms in total. The normalized spacial score (nSPS) is 20.4. The van der Waals surface area contributed by atoms with Crippen LogP contribution in [-0.2, 0) is 4.79 Å². The summed E-state index contributed by atoms with van der Waals surface area (Å²) in [7, 11) is 2.04.